The van der Waals surface area contributed by atoms with Crippen LogP contribution in [0.25, 0.3) is 0 Å². The lowest BCUT2D eigenvalue weighted by atomic mass is 9.76. The van der Waals surface area contributed by atoms with Crippen LogP contribution in [0.3, 0.4) is 0 Å². The topological polar surface area (TPSA) is 64.1 Å². The van der Waals surface area contributed by atoms with Crippen molar-refractivity contribution in [2.24, 2.45) is 11.8 Å². The van der Waals surface area contributed by atoms with Crippen LogP contribution in [-0.2, 0) is 9.59 Å². The van der Waals surface area contributed by atoms with Crippen molar-refractivity contribution in [1.29, 1.82) is 0 Å². The van der Waals surface area contributed by atoms with Crippen molar-refractivity contribution in [3.8, 4) is 0 Å². The molecule has 1 fully saturated rings. The largest absolute Gasteiger partial charge is 0.299 e. The summed E-state index contributed by atoms with van der Waals surface area (Å²) in [6, 6.07) is 3.34. The Labute approximate surface area is 105 Å². The van der Waals surface area contributed by atoms with Crippen LogP contribution in [-0.4, -0.2) is 22.3 Å². The van der Waals surface area contributed by atoms with Crippen molar-refractivity contribution < 1.29 is 14.4 Å². The average molecular weight is 245 g/mol. The van der Waals surface area contributed by atoms with E-state index in [9.17, 15) is 14.4 Å². The van der Waals surface area contributed by atoms with Crippen molar-refractivity contribution >= 4 is 17.3 Å². The van der Waals surface area contributed by atoms with Crippen LogP contribution in [0.4, 0.5) is 0 Å². The molecule has 2 rings (SSSR count). The van der Waals surface area contributed by atoms with Crippen molar-refractivity contribution in [2.75, 3.05) is 0 Å². The summed E-state index contributed by atoms with van der Waals surface area (Å²) in [5.41, 5.74) is 0.603. The second-order valence-corrected chi connectivity index (χ2v) is 4.70. The van der Waals surface area contributed by atoms with Gasteiger partial charge in [-0.2, -0.15) is 0 Å². The number of hydrogen-bond donors (Lipinski definition) is 0. The van der Waals surface area contributed by atoms with E-state index in [0.717, 1.165) is 0 Å². The van der Waals surface area contributed by atoms with Gasteiger partial charge in [-0.25, -0.2) is 0 Å². The standard InChI is InChI=1S/C14H15NO3/c1-9(16)12-8-11(2-3-13(12)17)14(18)10-4-6-15-7-5-10/h4-7,11-12H,2-3,8H2,1H3. The molecular formula is C14H15NO3. The Hall–Kier alpha value is -1.84. The number of ketones is 3. The van der Waals surface area contributed by atoms with E-state index in [-0.39, 0.29) is 23.3 Å². The van der Waals surface area contributed by atoms with Gasteiger partial charge in [0, 0.05) is 30.3 Å². The van der Waals surface area contributed by atoms with Gasteiger partial charge in [-0.3, -0.25) is 19.4 Å². The zero-order chi connectivity index (χ0) is 13.1. The molecule has 0 bridgehead atoms. The Morgan fingerprint density at radius 1 is 1.28 bits per heavy atom. The second-order valence-electron chi connectivity index (χ2n) is 4.70. The zero-order valence-corrected chi connectivity index (χ0v) is 10.3. The molecule has 1 aliphatic carbocycles. The molecule has 1 heterocycles. The van der Waals surface area contributed by atoms with Gasteiger partial charge in [0.15, 0.2) is 5.78 Å². The summed E-state index contributed by atoms with van der Waals surface area (Å²) in [5.74, 6) is -0.960. The van der Waals surface area contributed by atoms with Gasteiger partial charge >= 0.3 is 0 Å². The molecule has 2 atom stereocenters. The van der Waals surface area contributed by atoms with Gasteiger partial charge in [-0.15, -0.1) is 0 Å². The predicted molar refractivity (Wildman–Crippen MR) is 65.1 cm³/mol. The van der Waals surface area contributed by atoms with Gasteiger partial charge in [-0.05, 0) is 31.9 Å². The summed E-state index contributed by atoms with van der Waals surface area (Å²) >= 11 is 0. The molecule has 0 aromatic carbocycles. The lowest BCUT2D eigenvalue weighted by Crippen LogP contribution is -2.33. The Balaban J connectivity index is 2.13. The second kappa shape index (κ2) is 5.21. The Kier molecular flexibility index (Phi) is 3.65. The molecule has 0 aliphatic heterocycles. The van der Waals surface area contributed by atoms with Crippen molar-refractivity contribution in [1.82, 2.24) is 4.98 Å². The molecule has 0 N–H and O–H groups in total. The maximum atomic E-state index is 12.2. The van der Waals surface area contributed by atoms with Crippen LogP contribution in [0.15, 0.2) is 24.5 Å². The number of hydrogen-bond acceptors (Lipinski definition) is 4. The van der Waals surface area contributed by atoms with Crippen molar-refractivity contribution in [3.63, 3.8) is 0 Å². The van der Waals surface area contributed by atoms with E-state index in [1.54, 1.807) is 24.5 Å². The van der Waals surface area contributed by atoms with E-state index in [0.29, 0.717) is 24.8 Å². The minimum Gasteiger partial charge on any atom is -0.299 e. The van der Waals surface area contributed by atoms with Crippen LogP contribution in [0.2, 0.25) is 0 Å². The van der Waals surface area contributed by atoms with Crippen molar-refractivity contribution in [2.45, 2.75) is 26.2 Å². The summed E-state index contributed by atoms with van der Waals surface area (Å²) in [4.78, 5) is 39.1. The van der Waals surface area contributed by atoms with E-state index in [1.807, 2.05) is 0 Å². The lowest BCUT2D eigenvalue weighted by molar-refractivity contribution is -0.133. The Bertz CT molecular complexity index is 481. The van der Waals surface area contributed by atoms with E-state index in [1.165, 1.54) is 6.92 Å². The number of nitrogens with zero attached hydrogens (tertiary/aromatic N) is 1. The molecule has 1 aliphatic rings. The fourth-order valence-corrected chi connectivity index (χ4v) is 2.41. The van der Waals surface area contributed by atoms with Gasteiger partial charge in [-0.1, -0.05) is 0 Å². The number of Topliss-reactive ketones (excluding diaryl/α,β-unsaturated/α-hetero) is 3. The summed E-state index contributed by atoms with van der Waals surface area (Å²) in [7, 11) is 0. The number of rotatable bonds is 3. The lowest BCUT2D eigenvalue weighted by Gasteiger charge is -2.25. The summed E-state index contributed by atoms with van der Waals surface area (Å²) < 4.78 is 0. The average Bonchev–Trinajstić information content (AvgIpc) is 2.39. The highest BCUT2D eigenvalue weighted by atomic mass is 16.2. The van der Waals surface area contributed by atoms with E-state index >= 15 is 0 Å². The van der Waals surface area contributed by atoms with Crippen molar-refractivity contribution in [3.05, 3.63) is 30.1 Å². The Morgan fingerprint density at radius 3 is 2.56 bits per heavy atom. The zero-order valence-electron chi connectivity index (χ0n) is 10.3. The summed E-state index contributed by atoms with van der Waals surface area (Å²) in [5, 5.41) is 0. The maximum Gasteiger partial charge on any atom is 0.166 e. The first kappa shape index (κ1) is 12.6. The quantitative estimate of drug-likeness (QED) is 0.602. The van der Waals surface area contributed by atoms with Crippen LogP contribution < -0.4 is 0 Å². The molecule has 0 spiro atoms. The minimum absolute atomic E-state index is 0.0103. The first-order valence-corrected chi connectivity index (χ1v) is 6.07. The predicted octanol–water partition coefficient (Wildman–Crippen LogP) is 1.84. The van der Waals surface area contributed by atoms with E-state index < -0.39 is 5.92 Å². The molecule has 2 unspecified atom stereocenters. The molecule has 1 aromatic heterocycles. The van der Waals surface area contributed by atoms with Gasteiger partial charge in [0.25, 0.3) is 0 Å². The molecular weight excluding hydrogens is 230 g/mol. The fraction of sp³-hybridized carbons (Fsp3) is 0.429. The summed E-state index contributed by atoms with van der Waals surface area (Å²) in [6.45, 7) is 1.42. The van der Waals surface area contributed by atoms with Gasteiger partial charge < -0.3 is 0 Å². The fourth-order valence-electron chi connectivity index (χ4n) is 2.41. The monoisotopic (exact) mass is 245 g/mol. The van der Waals surface area contributed by atoms with E-state index in [4.69, 9.17) is 0 Å². The van der Waals surface area contributed by atoms with Gasteiger partial charge in [0.1, 0.15) is 11.6 Å². The molecule has 94 valence electrons. The highest BCUT2D eigenvalue weighted by Crippen LogP contribution is 2.29. The highest BCUT2D eigenvalue weighted by molar-refractivity contribution is 6.04. The maximum absolute atomic E-state index is 12.2. The smallest absolute Gasteiger partial charge is 0.166 e. The minimum atomic E-state index is -0.588. The molecule has 18 heavy (non-hydrogen) atoms. The van der Waals surface area contributed by atoms with Crippen LogP contribution in [0.1, 0.15) is 36.5 Å². The third kappa shape index (κ3) is 2.53. The molecule has 0 saturated heterocycles. The third-order valence-electron chi connectivity index (χ3n) is 3.47. The first-order valence-electron chi connectivity index (χ1n) is 6.07. The first-order chi connectivity index (χ1) is 8.59. The SMILES string of the molecule is CC(=O)C1CC(C(=O)c2ccncc2)CCC1=O. The van der Waals surface area contributed by atoms with Crippen LogP contribution in [0, 0.1) is 11.8 Å². The number of carbonyl (C=O) groups is 3. The molecule has 4 nitrogen and oxygen atoms in total. The van der Waals surface area contributed by atoms with E-state index in [2.05, 4.69) is 4.98 Å². The van der Waals surface area contributed by atoms with Crippen LogP contribution in [0.5, 0.6) is 0 Å². The number of carbonyl (C=O) groups excluding carboxylic acids is 3. The normalized spacial score (nSPS) is 23.7. The molecule has 0 amide bonds. The molecule has 4 heteroatoms. The third-order valence-corrected chi connectivity index (χ3v) is 3.47. The van der Waals surface area contributed by atoms with Crippen LogP contribution >= 0.6 is 0 Å². The molecule has 1 saturated carbocycles. The number of pyridine rings is 1. The highest BCUT2D eigenvalue weighted by Gasteiger charge is 2.35. The van der Waals surface area contributed by atoms with Gasteiger partial charge in [0.05, 0.1) is 5.92 Å². The molecule has 0 radical (unpaired) electrons. The molecule has 1 aromatic rings. The van der Waals surface area contributed by atoms with Gasteiger partial charge in [0.2, 0.25) is 0 Å². The summed E-state index contributed by atoms with van der Waals surface area (Å²) in [6.07, 6.45) is 4.37. The Morgan fingerprint density at radius 2 is 1.94 bits per heavy atom. The number of aromatic nitrogens is 1.